The van der Waals surface area contributed by atoms with Gasteiger partial charge in [-0.05, 0) is 24.3 Å². The Balaban J connectivity index is 3.14. The van der Waals surface area contributed by atoms with Gasteiger partial charge in [-0.2, -0.15) is 0 Å². The number of benzene rings is 1. The number of nitrogens with one attached hydrogen (secondary N) is 1. The predicted molar refractivity (Wildman–Crippen MR) is 46.1 cm³/mol. The van der Waals surface area contributed by atoms with Crippen molar-refractivity contribution in [3.05, 3.63) is 30.1 Å². The average Bonchev–Trinajstić information content (AvgIpc) is 2.05. The van der Waals surface area contributed by atoms with Crippen molar-refractivity contribution in [2.24, 2.45) is 0 Å². The van der Waals surface area contributed by atoms with Crippen LogP contribution < -0.4 is 0 Å². The first-order valence-corrected chi connectivity index (χ1v) is 5.31. The van der Waals surface area contributed by atoms with Crippen molar-refractivity contribution in [2.75, 3.05) is 5.75 Å². The lowest BCUT2D eigenvalue weighted by Gasteiger charge is -2.02. The molecule has 0 saturated carbocycles. The third kappa shape index (κ3) is 1.82. The molecule has 0 fully saturated rings. The van der Waals surface area contributed by atoms with Gasteiger partial charge in [0.2, 0.25) is 0 Å². The largest absolute Gasteiger partial charge is 0.249 e. The lowest BCUT2D eigenvalue weighted by molar-refractivity contribution is 0.626. The second kappa shape index (κ2) is 3.23. The van der Waals surface area contributed by atoms with E-state index in [-0.39, 0.29) is 11.6 Å². The van der Waals surface area contributed by atoms with Gasteiger partial charge in [0.05, 0.1) is 9.73 Å². The predicted octanol–water partition coefficient (Wildman–Crippen LogP) is 2.25. The molecule has 0 radical (unpaired) electrons. The van der Waals surface area contributed by atoms with Crippen molar-refractivity contribution in [3.63, 3.8) is 0 Å². The number of rotatable bonds is 2. The maximum atomic E-state index is 12.4. The van der Waals surface area contributed by atoms with Crippen LogP contribution in [-0.4, -0.2) is 9.96 Å². The quantitative estimate of drug-likeness (QED) is 0.758. The Bertz CT molecular complexity index is 355. The molecule has 1 aromatic carbocycles. The molecule has 0 aliphatic rings. The van der Waals surface area contributed by atoms with E-state index in [1.54, 1.807) is 6.92 Å². The van der Waals surface area contributed by atoms with Crippen LogP contribution in [0.15, 0.2) is 29.2 Å². The van der Waals surface area contributed by atoms with Crippen molar-refractivity contribution >= 4 is 9.73 Å². The van der Waals surface area contributed by atoms with Crippen molar-refractivity contribution < 1.29 is 8.60 Å². The molecule has 1 rings (SSSR count). The summed E-state index contributed by atoms with van der Waals surface area (Å²) in [7, 11) is -2.68. The van der Waals surface area contributed by atoms with Gasteiger partial charge in [-0.15, -0.1) is 0 Å². The van der Waals surface area contributed by atoms with Crippen LogP contribution in [0.1, 0.15) is 6.92 Å². The number of hydrogen-bond acceptors (Lipinski definition) is 2. The fraction of sp³-hybridized carbons (Fsp3) is 0.250. The van der Waals surface area contributed by atoms with E-state index < -0.39 is 9.73 Å². The fourth-order valence-electron chi connectivity index (χ4n) is 0.821. The normalized spacial score (nSPS) is 15.5. The SMILES string of the molecule is CC[S@](=N)(=O)c1ccc(F)cc1. The zero-order chi connectivity index (χ0) is 9.19. The molecule has 66 valence electrons. The standard InChI is InChI=1S/C8H10FNOS/c1-2-12(10,11)8-5-3-7(9)4-6-8/h3-6,10H,2H2,1H3/t12-/m0/s1. The molecule has 4 heteroatoms. The first-order valence-electron chi connectivity index (χ1n) is 3.58. The molecule has 0 aliphatic heterocycles. The van der Waals surface area contributed by atoms with Crippen LogP contribution in [0, 0.1) is 10.6 Å². The fourth-order valence-corrected chi connectivity index (χ4v) is 1.73. The molecular formula is C8H10FNOS. The lowest BCUT2D eigenvalue weighted by Crippen LogP contribution is -2.00. The van der Waals surface area contributed by atoms with Crippen LogP contribution in [0.3, 0.4) is 0 Å². The number of hydrogen-bond donors (Lipinski definition) is 1. The first-order chi connectivity index (χ1) is 5.56. The van der Waals surface area contributed by atoms with Gasteiger partial charge < -0.3 is 0 Å². The van der Waals surface area contributed by atoms with Crippen LogP contribution in [0.25, 0.3) is 0 Å². The minimum Gasteiger partial charge on any atom is -0.249 e. The number of halogens is 1. The molecule has 0 aromatic heterocycles. The zero-order valence-corrected chi connectivity index (χ0v) is 7.53. The molecule has 12 heavy (non-hydrogen) atoms. The first kappa shape index (κ1) is 9.19. The Morgan fingerprint density at radius 2 is 1.92 bits per heavy atom. The van der Waals surface area contributed by atoms with Gasteiger partial charge >= 0.3 is 0 Å². The monoisotopic (exact) mass is 187 g/mol. The Labute approximate surface area is 71.4 Å². The highest BCUT2D eigenvalue weighted by Crippen LogP contribution is 2.11. The Morgan fingerprint density at radius 3 is 2.33 bits per heavy atom. The third-order valence-electron chi connectivity index (χ3n) is 1.60. The van der Waals surface area contributed by atoms with Crippen LogP contribution >= 0.6 is 0 Å². The summed E-state index contributed by atoms with van der Waals surface area (Å²) in [4.78, 5) is 0.395. The Morgan fingerprint density at radius 1 is 1.42 bits per heavy atom. The minimum atomic E-state index is -2.68. The van der Waals surface area contributed by atoms with E-state index in [2.05, 4.69) is 0 Å². The molecule has 0 aliphatic carbocycles. The van der Waals surface area contributed by atoms with Gasteiger partial charge in [-0.25, -0.2) is 13.4 Å². The van der Waals surface area contributed by atoms with E-state index in [9.17, 15) is 8.60 Å². The maximum Gasteiger partial charge on any atom is 0.123 e. The van der Waals surface area contributed by atoms with Crippen molar-refractivity contribution in [2.45, 2.75) is 11.8 Å². The summed E-state index contributed by atoms with van der Waals surface area (Å²) in [5.74, 6) is -0.108. The van der Waals surface area contributed by atoms with Gasteiger partial charge in [0, 0.05) is 10.6 Å². The summed E-state index contributed by atoms with van der Waals surface area (Å²) >= 11 is 0. The summed E-state index contributed by atoms with van der Waals surface area (Å²) in [6, 6.07) is 5.24. The molecule has 0 spiro atoms. The molecule has 1 aromatic rings. The molecule has 0 heterocycles. The second-order valence-electron chi connectivity index (χ2n) is 2.42. The molecular weight excluding hydrogens is 177 g/mol. The molecule has 1 N–H and O–H groups in total. The smallest absolute Gasteiger partial charge is 0.123 e. The van der Waals surface area contributed by atoms with Crippen LogP contribution in [-0.2, 0) is 9.73 Å². The van der Waals surface area contributed by atoms with Crippen molar-refractivity contribution in [1.29, 1.82) is 4.78 Å². The van der Waals surface area contributed by atoms with Crippen LogP contribution in [0.2, 0.25) is 0 Å². The minimum absolute atomic E-state index is 0.263. The highest BCUT2D eigenvalue weighted by atomic mass is 32.2. The van der Waals surface area contributed by atoms with Gasteiger partial charge in [-0.1, -0.05) is 6.92 Å². The van der Waals surface area contributed by atoms with Crippen LogP contribution in [0.5, 0.6) is 0 Å². The average molecular weight is 187 g/mol. The van der Waals surface area contributed by atoms with Crippen molar-refractivity contribution in [3.8, 4) is 0 Å². The van der Waals surface area contributed by atoms with E-state index in [1.807, 2.05) is 0 Å². The molecule has 2 nitrogen and oxygen atoms in total. The van der Waals surface area contributed by atoms with E-state index in [4.69, 9.17) is 4.78 Å². The summed E-state index contributed by atoms with van der Waals surface area (Å²) in [5, 5.41) is 0. The Kier molecular flexibility index (Phi) is 2.47. The van der Waals surface area contributed by atoms with Gasteiger partial charge in [-0.3, -0.25) is 0 Å². The van der Waals surface area contributed by atoms with Crippen LogP contribution in [0.4, 0.5) is 4.39 Å². The van der Waals surface area contributed by atoms with E-state index in [0.717, 1.165) is 0 Å². The summed E-state index contributed by atoms with van der Waals surface area (Å²) in [6.07, 6.45) is 0. The zero-order valence-electron chi connectivity index (χ0n) is 6.71. The van der Waals surface area contributed by atoms with E-state index in [1.165, 1.54) is 24.3 Å². The molecule has 0 unspecified atom stereocenters. The highest BCUT2D eigenvalue weighted by Gasteiger charge is 2.05. The van der Waals surface area contributed by atoms with Crippen molar-refractivity contribution in [1.82, 2.24) is 0 Å². The summed E-state index contributed by atoms with van der Waals surface area (Å²) in [6.45, 7) is 1.68. The third-order valence-corrected chi connectivity index (χ3v) is 3.45. The lowest BCUT2D eigenvalue weighted by atomic mass is 10.4. The Hall–Kier alpha value is -0.900. The van der Waals surface area contributed by atoms with Gasteiger partial charge in [0.25, 0.3) is 0 Å². The molecule has 0 saturated heterocycles. The van der Waals surface area contributed by atoms with Gasteiger partial charge in [0.1, 0.15) is 5.82 Å². The maximum absolute atomic E-state index is 12.4. The summed E-state index contributed by atoms with van der Waals surface area (Å²) < 4.78 is 31.2. The topological polar surface area (TPSA) is 40.9 Å². The second-order valence-corrected chi connectivity index (χ2v) is 4.82. The molecule has 1 atom stereocenters. The highest BCUT2D eigenvalue weighted by molar-refractivity contribution is 7.92. The van der Waals surface area contributed by atoms with Gasteiger partial charge in [0.15, 0.2) is 0 Å². The summed E-state index contributed by atoms with van der Waals surface area (Å²) in [5.41, 5.74) is 0. The molecule has 0 bridgehead atoms. The van der Waals surface area contributed by atoms with E-state index in [0.29, 0.717) is 4.90 Å². The van der Waals surface area contributed by atoms with E-state index >= 15 is 0 Å². The molecule has 0 amide bonds.